The van der Waals surface area contributed by atoms with Crippen molar-refractivity contribution in [2.75, 3.05) is 4.90 Å². The Hall–Kier alpha value is -7.42. The lowest BCUT2D eigenvalue weighted by Gasteiger charge is -2.26. The fourth-order valence-corrected chi connectivity index (χ4v) is 8.99. The maximum absolute atomic E-state index is 2.46. The molecule has 1 aliphatic carbocycles. The molecule has 9 aromatic carbocycles. The van der Waals surface area contributed by atoms with Crippen LogP contribution in [0.1, 0.15) is 17.5 Å². The Morgan fingerprint density at radius 1 is 0.379 bits per heavy atom. The number of anilines is 3. The summed E-state index contributed by atoms with van der Waals surface area (Å²) in [5.74, 6) is 0. The Morgan fingerprint density at radius 3 is 1.41 bits per heavy atom. The number of aromatic nitrogens is 1. The molecular formula is C56H40N2. The molecule has 10 aromatic rings. The second-order valence-corrected chi connectivity index (χ2v) is 15.2. The summed E-state index contributed by atoms with van der Waals surface area (Å²) >= 11 is 0. The normalized spacial score (nSPS) is 12.3. The highest BCUT2D eigenvalue weighted by Crippen LogP contribution is 2.42. The Bertz CT molecular complexity index is 3020. The van der Waals surface area contributed by atoms with Gasteiger partial charge in [-0.25, -0.2) is 0 Å². The van der Waals surface area contributed by atoms with Crippen molar-refractivity contribution in [2.24, 2.45) is 0 Å². The van der Waals surface area contributed by atoms with Crippen LogP contribution >= 0.6 is 0 Å². The van der Waals surface area contributed by atoms with E-state index in [9.17, 15) is 0 Å². The van der Waals surface area contributed by atoms with Gasteiger partial charge in [0.25, 0.3) is 0 Å². The van der Waals surface area contributed by atoms with E-state index in [2.05, 4.69) is 228 Å². The van der Waals surface area contributed by atoms with Gasteiger partial charge in [-0.1, -0.05) is 158 Å². The van der Waals surface area contributed by atoms with E-state index in [4.69, 9.17) is 0 Å². The van der Waals surface area contributed by atoms with Gasteiger partial charge in [-0.05, 0) is 129 Å². The van der Waals surface area contributed by atoms with Crippen LogP contribution in [-0.4, -0.2) is 4.57 Å². The number of benzene rings is 9. The summed E-state index contributed by atoms with van der Waals surface area (Å²) in [6, 6.07) is 75.1. The highest BCUT2D eigenvalue weighted by atomic mass is 15.1. The van der Waals surface area contributed by atoms with Gasteiger partial charge in [-0.15, -0.1) is 0 Å². The van der Waals surface area contributed by atoms with Crippen LogP contribution in [0.5, 0.6) is 0 Å². The molecule has 1 aromatic heterocycles. The van der Waals surface area contributed by atoms with Crippen molar-refractivity contribution in [3.63, 3.8) is 0 Å². The molecule has 0 spiro atoms. The summed E-state index contributed by atoms with van der Waals surface area (Å²) in [6.07, 6.45) is 6.87. The highest BCUT2D eigenvalue weighted by Gasteiger charge is 2.20. The van der Waals surface area contributed by atoms with Crippen LogP contribution < -0.4 is 4.90 Å². The average Bonchev–Trinajstić information content (AvgIpc) is 3.66. The molecule has 0 amide bonds. The zero-order valence-electron chi connectivity index (χ0n) is 32.1. The molecule has 0 unspecified atom stereocenters. The molecule has 58 heavy (non-hydrogen) atoms. The minimum absolute atomic E-state index is 1.09. The SMILES string of the molecule is C1=Cc2c(ccc3c2c2c4ccccc4ccc2n3-c2ccc(-c3ccc(N(c4ccc(-c5ccccc5)cc4)c4ccc(-c5ccccc5)cc4)cc3)cc2)CC1. The second-order valence-electron chi connectivity index (χ2n) is 15.2. The standard InChI is InChI=1S/C56H40N2/c1-3-11-39(12-4-1)41-19-29-47(30-20-41)57(48-31-21-42(22-32-48)40-13-5-2-6-14-40)49-33-23-43(24-34-49)44-25-35-50(36-26-44)58-53-37-27-45-15-7-9-17-51(45)55(53)56-52-18-10-8-16-46(52)28-38-54(56)58/h1-7,9-15,17-38H,8,16H2. The summed E-state index contributed by atoms with van der Waals surface area (Å²) in [7, 11) is 0. The van der Waals surface area contributed by atoms with E-state index in [1.165, 1.54) is 82.8 Å². The Labute approximate surface area is 339 Å². The Balaban J connectivity index is 0.958. The number of aryl methyl sites for hydroxylation is 1. The predicted molar refractivity (Wildman–Crippen MR) is 247 cm³/mol. The van der Waals surface area contributed by atoms with E-state index in [0.29, 0.717) is 0 Å². The summed E-state index contributed by atoms with van der Waals surface area (Å²) in [5, 5.41) is 5.28. The molecule has 11 rings (SSSR count). The lowest BCUT2D eigenvalue weighted by molar-refractivity contribution is 0.989. The van der Waals surface area contributed by atoms with E-state index >= 15 is 0 Å². The summed E-state index contributed by atoms with van der Waals surface area (Å²) < 4.78 is 2.46. The molecule has 1 aliphatic rings. The van der Waals surface area contributed by atoms with Crippen LogP contribution in [0.2, 0.25) is 0 Å². The van der Waals surface area contributed by atoms with Crippen LogP contribution in [0.4, 0.5) is 17.1 Å². The third-order valence-electron chi connectivity index (χ3n) is 11.9. The van der Waals surface area contributed by atoms with Crippen molar-refractivity contribution in [1.82, 2.24) is 4.57 Å². The maximum Gasteiger partial charge on any atom is 0.0547 e. The van der Waals surface area contributed by atoms with Crippen molar-refractivity contribution in [3.05, 3.63) is 223 Å². The third-order valence-corrected chi connectivity index (χ3v) is 11.9. The fraction of sp³-hybridized carbons (Fsp3) is 0.0357. The van der Waals surface area contributed by atoms with E-state index in [0.717, 1.165) is 29.9 Å². The van der Waals surface area contributed by atoms with Crippen molar-refractivity contribution < 1.29 is 0 Å². The zero-order chi connectivity index (χ0) is 38.4. The number of hydrogen-bond donors (Lipinski definition) is 0. The molecule has 0 N–H and O–H groups in total. The van der Waals surface area contributed by atoms with E-state index in [-0.39, 0.29) is 0 Å². The minimum Gasteiger partial charge on any atom is -0.311 e. The van der Waals surface area contributed by atoms with Crippen LogP contribution in [0, 0.1) is 0 Å². The van der Waals surface area contributed by atoms with Crippen LogP contribution in [0.25, 0.3) is 77.7 Å². The monoisotopic (exact) mass is 740 g/mol. The van der Waals surface area contributed by atoms with Gasteiger partial charge in [0.05, 0.1) is 11.0 Å². The molecule has 0 atom stereocenters. The third kappa shape index (κ3) is 5.90. The van der Waals surface area contributed by atoms with Crippen LogP contribution in [-0.2, 0) is 6.42 Å². The highest BCUT2D eigenvalue weighted by molar-refractivity contribution is 6.23. The molecule has 0 radical (unpaired) electrons. The molecule has 2 heteroatoms. The molecule has 0 aliphatic heterocycles. The van der Waals surface area contributed by atoms with Gasteiger partial charge in [-0.2, -0.15) is 0 Å². The second kappa shape index (κ2) is 14.3. The van der Waals surface area contributed by atoms with Gasteiger partial charge >= 0.3 is 0 Å². The summed E-state index contributed by atoms with van der Waals surface area (Å²) in [6.45, 7) is 0. The number of rotatable bonds is 7. The van der Waals surface area contributed by atoms with Gasteiger partial charge in [0.1, 0.15) is 0 Å². The van der Waals surface area contributed by atoms with Gasteiger partial charge in [0.15, 0.2) is 0 Å². The first kappa shape index (κ1) is 33.9. The topological polar surface area (TPSA) is 8.17 Å². The quantitative estimate of drug-likeness (QED) is 0.158. The van der Waals surface area contributed by atoms with E-state index in [1.807, 2.05) is 0 Å². The van der Waals surface area contributed by atoms with Gasteiger partial charge < -0.3 is 9.47 Å². The van der Waals surface area contributed by atoms with Gasteiger partial charge in [-0.3, -0.25) is 0 Å². The molecular weight excluding hydrogens is 701 g/mol. The smallest absolute Gasteiger partial charge is 0.0547 e. The molecule has 0 bridgehead atoms. The Kier molecular flexibility index (Phi) is 8.33. The average molecular weight is 741 g/mol. The molecule has 2 nitrogen and oxygen atoms in total. The predicted octanol–water partition coefficient (Wildman–Crippen LogP) is 15.4. The van der Waals surface area contributed by atoms with Crippen molar-refractivity contribution in [1.29, 1.82) is 0 Å². The summed E-state index contributed by atoms with van der Waals surface area (Å²) in [5.41, 5.74) is 17.0. The lowest BCUT2D eigenvalue weighted by Crippen LogP contribution is -2.09. The number of fused-ring (bicyclic) bond motifs is 7. The zero-order valence-corrected chi connectivity index (χ0v) is 32.1. The number of nitrogens with zero attached hydrogens (tertiary/aromatic N) is 2. The van der Waals surface area contributed by atoms with Gasteiger partial charge in [0.2, 0.25) is 0 Å². The van der Waals surface area contributed by atoms with Crippen molar-refractivity contribution in [3.8, 4) is 39.1 Å². The van der Waals surface area contributed by atoms with Crippen LogP contribution in [0.15, 0.2) is 212 Å². The fourth-order valence-electron chi connectivity index (χ4n) is 8.99. The molecule has 274 valence electrons. The first-order valence-corrected chi connectivity index (χ1v) is 20.2. The lowest BCUT2D eigenvalue weighted by atomic mass is 9.92. The van der Waals surface area contributed by atoms with Crippen molar-refractivity contribution >= 4 is 55.7 Å². The minimum atomic E-state index is 1.09. The summed E-state index contributed by atoms with van der Waals surface area (Å²) in [4.78, 5) is 2.34. The first-order chi connectivity index (χ1) is 28.8. The molecule has 0 saturated heterocycles. The Morgan fingerprint density at radius 2 is 0.845 bits per heavy atom. The largest absolute Gasteiger partial charge is 0.311 e. The molecule has 0 saturated carbocycles. The van der Waals surface area contributed by atoms with Crippen LogP contribution in [0.3, 0.4) is 0 Å². The van der Waals surface area contributed by atoms with E-state index < -0.39 is 0 Å². The maximum atomic E-state index is 2.46. The first-order valence-electron chi connectivity index (χ1n) is 20.2. The molecule has 1 heterocycles. The van der Waals surface area contributed by atoms with Gasteiger partial charge in [0, 0.05) is 33.5 Å². The molecule has 0 fully saturated rings. The number of allylic oxidation sites excluding steroid dienone is 1. The number of hydrogen-bond acceptors (Lipinski definition) is 1. The van der Waals surface area contributed by atoms with Crippen molar-refractivity contribution in [2.45, 2.75) is 12.8 Å². The van der Waals surface area contributed by atoms with E-state index in [1.54, 1.807) is 0 Å².